The summed E-state index contributed by atoms with van der Waals surface area (Å²) in [5.41, 5.74) is 0. The molecule has 0 heterocycles. The Labute approximate surface area is 74.7 Å². The van der Waals surface area contributed by atoms with Crippen LogP contribution in [0.15, 0.2) is 4.36 Å². The topological polar surface area (TPSA) is 121 Å². The van der Waals surface area contributed by atoms with Crippen molar-refractivity contribution in [3.63, 3.8) is 0 Å². The predicted molar refractivity (Wildman–Crippen MR) is 39.6 cm³/mol. The van der Waals surface area contributed by atoms with Gasteiger partial charge in [-0.25, -0.2) is 4.79 Å². The molecule has 0 aliphatic rings. The Morgan fingerprint density at radius 3 is 2.15 bits per heavy atom. The van der Waals surface area contributed by atoms with E-state index in [2.05, 4.69) is 4.36 Å². The van der Waals surface area contributed by atoms with E-state index in [1.54, 1.807) is 0 Å². The Morgan fingerprint density at radius 2 is 1.85 bits per heavy atom. The van der Waals surface area contributed by atoms with Crippen molar-refractivity contribution >= 4 is 22.4 Å². The van der Waals surface area contributed by atoms with E-state index in [0.29, 0.717) is 0 Å². The summed E-state index contributed by atoms with van der Waals surface area (Å²) in [4.78, 5) is 20.3. The molecular weight excluding hydrogens is 202 g/mol. The van der Waals surface area contributed by atoms with Crippen LogP contribution in [0.3, 0.4) is 0 Å². The van der Waals surface area contributed by atoms with Gasteiger partial charge >= 0.3 is 22.4 Å². The molecule has 0 rings (SSSR count). The van der Waals surface area contributed by atoms with E-state index in [4.69, 9.17) is 10.2 Å². The van der Waals surface area contributed by atoms with Crippen LogP contribution >= 0.6 is 0 Å². The molecule has 8 heteroatoms. The van der Waals surface area contributed by atoms with E-state index in [1.165, 1.54) is 0 Å². The highest BCUT2D eigenvalue weighted by molar-refractivity contribution is 7.61. The average Bonchev–Trinajstić information content (AvgIpc) is 1.96. The number of rotatable bonds is 5. The monoisotopic (exact) mass is 209 g/mol. The van der Waals surface area contributed by atoms with E-state index in [9.17, 15) is 18.0 Å². The van der Waals surface area contributed by atoms with Crippen LogP contribution in [0.2, 0.25) is 0 Å². The minimum absolute atomic E-state index is 0.335. The molecule has 0 aromatic carbocycles. The van der Waals surface area contributed by atoms with Crippen molar-refractivity contribution in [2.45, 2.75) is 18.9 Å². The third-order valence-corrected chi connectivity index (χ3v) is 1.56. The maximum absolute atomic E-state index is 10.3. The first kappa shape index (κ1) is 11.6. The standard InChI is InChI=1S/C5H7NO6S/c7-4(8)2-1-3(5(9)10)6-13(11)12/h3H,1-2H2,(H,7,8)(H,9,10)/t3-/m0/s1. The van der Waals surface area contributed by atoms with E-state index >= 15 is 0 Å². The van der Waals surface area contributed by atoms with E-state index in [0.717, 1.165) is 0 Å². The highest BCUT2D eigenvalue weighted by Crippen LogP contribution is 2.02. The SMILES string of the molecule is O=C(O)CC[C@H](N=S(=O)=O)C(=O)O. The first-order chi connectivity index (χ1) is 5.93. The number of hydrogen-bond donors (Lipinski definition) is 2. The van der Waals surface area contributed by atoms with Crippen LogP contribution in [0, 0.1) is 0 Å². The summed E-state index contributed by atoms with van der Waals surface area (Å²) in [7, 11) is -2.83. The molecule has 0 aromatic heterocycles. The van der Waals surface area contributed by atoms with Crippen molar-refractivity contribution in [1.29, 1.82) is 0 Å². The number of aliphatic carboxylic acids is 2. The van der Waals surface area contributed by atoms with Crippen LogP contribution < -0.4 is 0 Å². The van der Waals surface area contributed by atoms with Crippen molar-refractivity contribution in [2.24, 2.45) is 4.36 Å². The van der Waals surface area contributed by atoms with Crippen LogP contribution in [0.1, 0.15) is 12.8 Å². The second-order valence-electron chi connectivity index (χ2n) is 2.11. The number of carboxylic acid groups (broad SMARTS) is 2. The third-order valence-electron chi connectivity index (χ3n) is 1.13. The number of carboxylic acids is 2. The molecular formula is C5H7NO6S. The van der Waals surface area contributed by atoms with Crippen LogP contribution in [0.25, 0.3) is 0 Å². The van der Waals surface area contributed by atoms with Gasteiger partial charge in [-0.3, -0.25) is 4.79 Å². The summed E-state index contributed by atoms with van der Waals surface area (Å²) in [5, 5.41) is 16.6. The highest BCUT2D eigenvalue weighted by Gasteiger charge is 2.17. The molecule has 7 nitrogen and oxygen atoms in total. The van der Waals surface area contributed by atoms with Gasteiger partial charge in [0.25, 0.3) is 0 Å². The van der Waals surface area contributed by atoms with Crippen molar-refractivity contribution in [1.82, 2.24) is 0 Å². The summed E-state index contributed by atoms with van der Waals surface area (Å²) in [5.74, 6) is -2.65. The average molecular weight is 209 g/mol. The molecule has 0 radical (unpaired) electrons. The van der Waals surface area contributed by atoms with Crippen LogP contribution in [-0.2, 0) is 20.1 Å². The molecule has 74 valence electrons. The molecule has 0 aliphatic heterocycles. The van der Waals surface area contributed by atoms with Gasteiger partial charge in [0.15, 0.2) is 6.04 Å². The van der Waals surface area contributed by atoms with Crippen molar-refractivity contribution in [3.8, 4) is 0 Å². The van der Waals surface area contributed by atoms with Gasteiger partial charge in [0.1, 0.15) is 0 Å². The fourth-order valence-corrected chi connectivity index (χ4v) is 0.989. The lowest BCUT2D eigenvalue weighted by Crippen LogP contribution is -2.18. The maximum Gasteiger partial charge on any atom is 0.329 e. The maximum atomic E-state index is 10.3. The smallest absolute Gasteiger partial charge is 0.329 e. The molecule has 0 fully saturated rings. The zero-order chi connectivity index (χ0) is 10.4. The molecule has 13 heavy (non-hydrogen) atoms. The van der Waals surface area contributed by atoms with Gasteiger partial charge in [0.05, 0.1) is 0 Å². The fourth-order valence-electron chi connectivity index (χ4n) is 0.585. The lowest BCUT2D eigenvalue weighted by atomic mass is 10.2. The Kier molecular flexibility index (Phi) is 4.67. The van der Waals surface area contributed by atoms with E-state index < -0.39 is 34.9 Å². The Balaban J connectivity index is 4.37. The molecule has 0 bridgehead atoms. The molecule has 0 unspecified atom stereocenters. The Hall–Kier alpha value is -1.44. The molecule has 0 amide bonds. The summed E-state index contributed by atoms with van der Waals surface area (Å²) >= 11 is 0. The van der Waals surface area contributed by atoms with E-state index in [-0.39, 0.29) is 6.42 Å². The molecule has 0 spiro atoms. The molecule has 2 N–H and O–H groups in total. The van der Waals surface area contributed by atoms with Gasteiger partial charge in [0.2, 0.25) is 0 Å². The molecule has 0 aliphatic carbocycles. The van der Waals surface area contributed by atoms with Crippen LogP contribution in [-0.4, -0.2) is 36.6 Å². The van der Waals surface area contributed by atoms with Crippen LogP contribution in [0.4, 0.5) is 0 Å². The summed E-state index contributed by atoms with van der Waals surface area (Å²) in [6, 6.07) is -1.51. The van der Waals surface area contributed by atoms with E-state index in [1.807, 2.05) is 0 Å². The van der Waals surface area contributed by atoms with Crippen LogP contribution in [0.5, 0.6) is 0 Å². The lowest BCUT2D eigenvalue weighted by Gasteiger charge is -2.00. The fraction of sp³-hybridized carbons (Fsp3) is 0.600. The number of nitrogens with zero attached hydrogens (tertiary/aromatic N) is 1. The molecule has 0 saturated carbocycles. The van der Waals surface area contributed by atoms with Crippen molar-refractivity contribution in [2.75, 3.05) is 0 Å². The third kappa shape index (κ3) is 5.79. The zero-order valence-corrected chi connectivity index (χ0v) is 7.19. The Bertz CT molecular complexity index is 323. The predicted octanol–water partition coefficient (Wildman–Crippen LogP) is -0.633. The number of carbonyl (C=O) groups is 2. The van der Waals surface area contributed by atoms with Gasteiger partial charge < -0.3 is 10.2 Å². The molecule has 0 aromatic rings. The number of hydrogen-bond acceptors (Lipinski definition) is 5. The van der Waals surface area contributed by atoms with Gasteiger partial charge in [-0.15, -0.1) is 0 Å². The normalized spacial score (nSPS) is 11.7. The Morgan fingerprint density at radius 1 is 1.31 bits per heavy atom. The van der Waals surface area contributed by atoms with Gasteiger partial charge in [-0.1, -0.05) is 0 Å². The van der Waals surface area contributed by atoms with Gasteiger partial charge in [0, 0.05) is 6.42 Å². The van der Waals surface area contributed by atoms with Gasteiger partial charge in [-0.05, 0) is 6.42 Å². The summed E-state index contributed by atoms with van der Waals surface area (Å²) in [6.07, 6.45) is -0.768. The molecule has 0 saturated heterocycles. The zero-order valence-electron chi connectivity index (χ0n) is 6.37. The second kappa shape index (κ2) is 5.25. The lowest BCUT2D eigenvalue weighted by molar-refractivity contribution is -0.139. The second-order valence-corrected chi connectivity index (χ2v) is 2.75. The van der Waals surface area contributed by atoms with Crippen molar-refractivity contribution < 1.29 is 28.2 Å². The van der Waals surface area contributed by atoms with Gasteiger partial charge in [-0.2, -0.15) is 12.8 Å². The van der Waals surface area contributed by atoms with Crippen molar-refractivity contribution in [3.05, 3.63) is 0 Å². The quantitative estimate of drug-likeness (QED) is 0.621. The minimum Gasteiger partial charge on any atom is -0.481 e. The molecule has 1 atom stereocenters. The first-order valence-corrected chi connectivity index (χ1v) is 4.21. The largest absolute Gasteiger partial charge is 0.481 e. The first-order valence-electron chi connectivity index (χ1n) is 3.18. The summed E-state index contributed by atoms with van der Waals surface area (Å²) in [6.45, 7) is 0. The minimum atomic E-state index is -2.83. The highest BCUT2D eigenvalue weighted by atomic mass is 32.2. The summed E-state index contributed by atoms with van der Waals surface area (Å²) < 4.78 is 22.8.